The molecule has 124 valence electrons. The monoisotopic (exact) mass is 322 g/mol. The molecule has 0 saturated carbocycles. The van der Waals surface area contributed by atoms with Gasteiger partial charge in [-0.05, 0) is 22.3 Å². The average molecular weight is 322 g/mol. The van der Waals surface area contributed by atoms with Crippen LogP contribution >= 0.6 is 0 Å². The van der Waals surface area contributed by atoms with E-state index in [-0.39, 0.29) is 11.9 Å². The number of aliphatic imine (C=N–C) groups is 2. The molecule has 24 heavy (non-hydrogen) atoms. The topological polar surface area (TPSA) is 129 Å². The standard InChI is InChI=1S/C18H22N6/c19-17(20)23-11-15-7-3-13(4-8-15)1-2-14-5-9-16(10-6-14)12-24-18(21)22/h1-10H,11-12H2,(H4,19,20,23)(H4,21,22,24)/b2-1-. The molecule has 0 unspecified atom stereocenters. The van der Waals surface area contributed by atoms with Crippen molar-refractivity contribution in [1.29, 1.82) is 0 Å². The molecular formula is C18H22N6. The van der Waals surface area contributed by atoms with E-state index in [0.717, 1.165) is 22.3 Å². The van der Waals surface area contributed by atoms with E-state index in [9.17, 15) is 0 Å². The molecule has 0 aromatic heterocycles. The van der Waals surface area contributed by atoms with Gasteiger partial charge in [0.1, 0.15) is 0 Å². The second kappa shape index (κ2) is 8.38. The van der Waals surface area contributed by atoms with Crippen LogP contribution in [0.25, 0.3) is 12.2 Å². The summed E-state index contributed by atoms with van der Waals surface area (Å²) in [4.78, 5) is 7.96. The van der Waals surface area contributed by atoms with E-state index in [2.05, 4.69) is 22.1 Å². The quantitative estimate of drug-likeness (QED) is 0.364. The van der Waals surface area contributed by atoms with E-state index in [4.69, 9.17) is 22.9 Å². The summed E-state index contributed by atoms with van der Waals surface area (Å²) in [6.07, 6.45) is 4.10. The summed E-state index contributed by atoms with van der Waals surface area (Å²) >= 11 is 0. The summed E-state index contributed by atoms with van der Waals surface area (Å²) in [5, 5.41) is 0. The highest BCUT2D eigenvalue weighted by atomic mass is 15.0. The predicted molar refractivity (Wildman–Crippen MR) is 101 cm³/mol. The molecule has 0 aliphatic carbocycles. The number of benzene rings is 2. The van der Waals surface area contributed by atoms with Crippen LogP contribution in [0.1, 0.15) is 22.3 Å². The number of guanidine groups is 2. The van der Waals surface area contributed by atoms with Crippen LogP contribution in [0.2, 0.25) is 0 Å². The molecule has 0 bridgehead atoms. The van der Waals surface area contributed by atoms with E-state index in [0.29, 0.717) is 13.1 Å². The second-order valence-corrected chi connectivity index (χ2v) is 5.30. The zero-order chi connectivity index (χ0) is 17.4. The third-order valence-corrected chi connectivity index (χ3v) is 3.32. The second-order valence-electron chi connectivity index (χ2n) is 5.30. The molecular weight excluding hydrogens is 300 g/mol. The fraction of sp³-hybridized carbons (Fsp3) is 0.111. The lowest BCUT2D eigenvalue weighted by Crippen LogP contribution is -2.22. The number of hydrogen-bond acceptors (Lipinski definition) is 2. The minimum atomic E-state index is 0.0993. The van der Waals surface area contributed by atoms with Crippen LogP contribution in [0, 0.1) is 0 Å². The van der Waals surface area contributed by atoms with Gasteiger partial charge in [0, 0.05) is 0 Å². The number of nitrogens with two attached hydrogens (primary N) is 4. The summed E-state index contributed by atoms with van der Waals surface area (Å²) in [5.41, 5.74) is 25.6. The first-order chi connectivity index (χ1) is 11.5. The Hall–Kier alpha value is -3.28. The smallest absolute Gasteiger partial charge is 0.186 e. The molecule has 0 fully saturated rings. The highest BCUT2D eigenvalue weighted by Gasteiger charge is 1.94. The molecule has 8 N–H and O–H groups in total. The van der Waals surface area contributed by atoms with E-state index >= 15 is 0 Å². The number of nitrogens with zero attached hydrogens (tertiary/aromatic N) is 2. The van der Waals surface area contributed by atoms with Crippen molar-refractivity contribution in [3.63, 3.8) is 0 Å². The first-order valence-electron chi connectivity index (χ1n) is 7.49. The molecule has 6 heteroatoms. The summed E-state index contributed by atoms with van der Waals surface area (Å²) in [6.45, 7) is 0.979. The SMILES string of the molecule is NC(N)=NCc1ccc(/C=C\c2ccc(CN=C(N)N)cc2)cc1. The van der Waals surface area contributed by atoms with E-state index in [1.807, 2.05) is 48.5 Å². The van der Waals surface area contributed by atoms with Crippen molar-refractivity contribution in [2.75, 3.05) is 0 Å². The normalized spacial score (nSPS) is 10.5. The van der Waals surface area contributed by atoms with Gasteiger partial charge in [-0.25, -0.2) is 9.98 Å². The Morgan fingerprint density at radius 2 is 0.958 bits per heavy atom. The Morgan fingerprint density at radius 3 is 1.25 bits per heavy atom. The fourth-order valence-corrected chi connectivity index (χ4v) is 2.03. The van der Waals surface area contributed by atoms with Crippen molar-refractivity contribution in [3.8, 4) is 0 Å². The van der Waals surface area contributed by atoms with Gasteiger partial charge in [0.15, 0.2) is 11.9 Å². The molecule has 2 rings (SSSR count). The third kappa shape index (κ3) is 5.84. The first kappa shape index (κ1) is 17.1. The number of hydrogen-bond donors (Lipinski definition) is 4. The Morgan fingerprint density at radius 1 is 0.625 bits per heavy atom. The fourth-order valence-electron chi connectivity index (χ4n) is 2.03. The van der Waals surface area contributed by atoms with Crippen LogP contribution in [0.4, 0.5) is 0 Å². The van der Waals surface area contributed by atoms with Crippen molar-refractivity contribution >= 4 is 24.1 Å². The molecule has 0 aliphatic heterocycles. The highest BCUT2D eigenvalue weighted by Crippen LogP contribution is 2.12. The Bertz CT molecular complexity index is 669. The third-order valence-electron chi connectivity index (χ3n) is 3.32. The Kier molecular flexibility index (Phi) is 5.96. The largest absolute Gasteiger partial charge is 0.370 e. The minimum absolute atomic E-state index is 0.0993. The molecule has 0 atom stereocenters. The lowest BCUT2D eigenvalue weighted by atomic mass is 10.1. The lowest BCUT2D eigenvalue weighted by Gasteiger charge is -2.00. The van der Waals surface area contributed by atoms with Gasteiger partial charge < -0.3 is 22.9 Å². The van der Waals surface area contributed by atoms with Crippen LogP contribution in [0.3, 0.4) is 0 Å². The van der Waals surface area contributed by atoms with Crippen molar-refractivity contribution in [1.82, 2.24) is 0 Å². The maximum Gasteiger partial charge on any atom is 0.186 e. The number of rotatable bonds is 6. The molecule has 0 saturated heterocycles. The summed E-state index contributed by atoms with van der Waals surface area (Å²) < 4.78 is 0. The van der Waals surface area contributed by atoms with E-state index in [1.165, 1.54) is 0 Å². The van der Waals surface area contributed by atoms with Gasteiger partial charge in [0.2, 0.25) is 0 Å². The molecule has 2 aromatic carbocycles. The molecule has 0 spiro atoms. The van der Waals surface area contributed by atoms with Gasteiger partial charge in [-0.2, -0.15) is 0 Å². The molecule has 6 nitrogen and oxygen atoms in total. The van der Waals surface area contributed by atoms with E-state index < -0.39 is 0 Å². The van der Waals surface area contributed by atoms with Crippen LogP contribution in [-0.4, -0.2) is 11.9 Å². The summed E-state index contributed by atoms with van der Waals surface area (Å²) in [6, 6.07) is 16.1. The molecule has 0 radical (unpaired) electrons. The van der Waals surface area contributed by atoms with Gasteiger partial charge >= 0.3 is 0 Å². The first-order valence-corrected chi connectivity index (χ1v) is 7.49. The Labute approximate surface area is 141 Å². The maximum atomic E-state index is 5.32. The average Bonchev–Trinajstić information content (AvgIpc) is 2.58. The van der Waals surface area contributed by atoms with E-state index in [1.54, 1.807) is 0 Å². The molecule has 0 aliphatic rings. The molecule has 0 amide bonds. The van der Waals surface area contributed by atoms with Gasteiger partial charge in [-0.15, -0.1) is 0 Å². The van der Waals surface area contributed by atoms with Crippen LogP contribution in [0.15, 0.2) is 58.5 Å². The maximum absolute atomic E-state index is 5.32. The van der Waals surface area contributed by atoms with Crippen molar-refractivity contribution in [2.45, 2.75) is 13.1 Å². The summed E-state index contributed by atoms with van der Waals surface area (Å²) in [7, 11) is 0. The van der Waals surface area contributed by atoms with Gasteiger partial charge in [-0.1, -0.05) is 60.7 Å². The molecule has 2 aromatic rings. The highest BCUT2D eigenvalue weighted by molar-refractivity contribution is 5.76. The lowest BCUT2D eigenvalue weighted by molar-refractivity contribution is 1.05. The van der Waals surface area contributed by atoms with Crippen LogP contribution < -0.4 is 22.9 Å². The van der Waals surface area contributed by atoms with Crippen LogP contribution in [0.5, 0.6) is 0 Å². The van der Waals surface area contributed by atoms with Gasteiger partial charge in [0.05, 0.1) is 13.1 Å². The van der Waals surface area contributed by atoms with Crippen molar-refractivity contribution in [3.05, 3.63) is 70.8 Å². The van der Waals surface area contributed by atoms with Gasteiger partial charge in [-0.3, -0.25) is 0 Å². The van der Waals surface area contributed by atoms with Crippen molar-refractivity contribution in [2.24, 2.45) is 32.9 Å². The van der Waals surface area contributed by atoms with Crippen molar-refractivity contribution < 1.29 is 0 Å². The van der Waals surface area contributed by atoms with Gasteiger partial charge in [0.25, 0.3) is 0 Å². The molecule has 0 heterocycles. The van der Waals surface area contributed by atoms with Crippen LogP contribution in [-0.2, 0) is 13.1 Å². The zero-order valence-electron chi connectivity index (χ0n) is 13.4. The summed E-state index contributed by atoms with van der Waals surface area (Å²) in [5.74, 6) is 0.199. The zero-order valence-corrected chi connectivity index (χ0v) is 13.4. The Balaban J connectivity index is 1.97. The predicted octanol–water partition coefficient (Wildman–Crippen LogP) is 1.40. The minimum Gasteiger partial charge on any atom is -0.370 e.